The molecular weight excluding hydrogens is 361 g/mol. The first-order valence-electron chi connectivity index (χ1n) is 8.14. The van der Waals surface area contributed by atoms with Crippen molar-refractivity contribution in [2.45, 2.75) is 17.7 Å². The Kier molecular flexibility index (Phi) is 5.64. The van der Waals surface area contributed by atoms with Crippen LogP contribution in [0.1, 0.15) is 15.9 Å². The molecule has 140 valence electrons. The Balaban J connectivity index is 1.66. The number of carboxylic acids is 1. The minimum atomic E-state index is -1.20. The van der Waals surface area contributed by atoms with E-state index in [0.29, 0.717) is 25.1 Å². The maximum atomic E-state index is 12.1. The average molecular weight is 381 g/mol. The Bertz CT molecular complexity index is 710. The van der Waals surface area contributed by atoms with Crippen molar-refractivity contribution in [3.63, 3.8) is 0 Å². The third kappa shape index (κ3) is 3.62. The number of amides is 1. The predicted octanol–water partition coefficient (Wildman–Crippen LogP) is 0.307. The number of fused-ring (bicyclic) bond motifs is 1. The van der Waals surface area contributed by atoms with Gasteiger partial charge in [-0.2, -0.15) is 0 Å². The van der Waals surface area contributed by atoms with E-state index in [-0.39, 0.29) is 40.0 Å². The lowest BCUT2D eigenvalue weighted by Crippen LogP contribution is -2.55. The molecule has 3 rings (SSSR count). The van der Waals surface area contributed by atoms with Crippen molar-refractivity contribution in [3.05, 3.63) is 23.3 Å². The fourth-order valence-electron chi connectivity index (χ4n) is 2.99. The Morgan fingerprint density at radius 2 is 2.12 bits per heavy atom. The zero-order valence-corrected chi connectivity index (χ0v) is 15.3. The number of carboxylic acid groups (broad SMARTS) is 1. The number of rotatable bonds is 6. The van der Waals surface area contributed by atoms with Crippen LogP contribution in [0.2, 0.25) is 0 Å². The number of carbonyl (C=O) groups is 2. The van der Waals surface area contributed by atoms with Crippen LogP contribution in [0.15, 0.2) is 12.1 Å². The van der Waals surface area contributed by atoms with Gasteiger partial charge in [-0.1, -0.05) is 6.07 Å². The van der Waals surface area contributed by atoms with Gasteiger partial charge < -0.3 is 29.2 Å². The van der Waals surface area contributed by atoms with Gasteiger partial charge in [0.05, 0.1) is 24.1 Å². The number of likely N-dealkylation sites (tertiary alicyclic amines) is 1. The summed E-state index contributed by atoms with van der Waals surface area (Å²) in [6, 6.07) is 3.29. The highest BCUT2D eigenvalue weighted by atomic mass is 32.2. The van der Waals surface area contributed by atoms with Gasteiger partial charge in [0.25, 0.3) is 0 Å². The van der Waals surface area contributed by atoms with Gasteiger partial charge in [-0.15, -0.1) is 11.8 Å². The second kappa shape index (κ2) is 7.77. The van der Waals surface area contributed by atoms with Crippen LogP contribution < -0.4 is 9.39 Å². The number of hydrogen-bond donors (Lipinski definition) is 2. The molecular formula is C16H20BNO7S. The molecule has 2 aliphatic heterocycles. The van der Waals surface area contributed by atoms with Crippen molar-refractivity contribution in [1.82, 2.24) is 4.90 Å². The summed E-state index contributed by atoms with van der Waals surface area (Å²) in [4.78, 5) is 25.4. The first kappa shape index (κ1) is 18.9. The largest absolute Gasteiger partial charge is 0.536 e. The molecule has 1 saturated heterocycles. The number of methoxy groups -OCH3 is 2. The molecule has 1 amide bonds. The van der Waals surface area contributed by atoms with E-state index in [1.807, 2.05) is 0 Å². The van der Waals surface area contributed by atoms with Crippen LogP contribution in [0.25, 0.3) is 0 Å². The summed E-state index contributed by atoms with van der Waals surface area (Å²) in [7, 11) is 1.80. The van der Waals surface area contributed by atoms with E-state index in [9.17, 15) is 19.7 Å². The van der Waals surface area contributed by atoms with Gasteiger partial charge in [0.15, 0.2) is 0 Å². The first-order chi connectivity index (χ1) is 12.4. The van der Waals surface area contributed by atoms with Gasteiger partial charge in [0.1, 0.15) is 17.1 Å². The Labute approximate surface area is 155 Å². The summed E-state index contributed by atoms with van der Waals surface area (Å²) in [5, 5.41) is 19.3. The van der Waals surface area contributed by atoms with Crippen LogP contribution >= 0.6 is 11.8 Å². The highest BCUT2D eigenvalue weighted by Crippen LogP contribution is 2.38. The number of benzene rings is 1. The van der Waals surface area contributed by atoms with Crippen molar-refractivity contribution in [1.29, 1.82) is 0 Å². The van der Waals surface area contributed by atoms with Crippen molar-refractivity contribution in [2.75, 3.05) is 33.1 Å². The van der Waals surface area contributed by atoms with E-state index in [0.717, 1.165) is 0 Å². The smallest absolute Gasteiger partial charge is 0.534 e. The second-order valence-electron chi connectivity index (χ2n) is 6.15. The molecule has 0 aliphatic carbocycles. The van der Waals surface area contributed by atoms with E-state index in [1.54, 1.807) is 24.1 Å². The molecule has 1 atom stereocenters. The number of carbonyl (C=O) groups excluding carboxylic acids is 1. The molecule has 0 radical (unpaired) electrons. The van der Waals surface area contributed by atoms with Gasteiger partial charge in [0, 0.05) is 20.2 Å². The standard InChI is InChI=1S/C16H20BNO7S/c1-23-10-6-18(7-10)13(19)8-26-12-5-9-3-4-11(24-2)14(16(20)21)15(9)25-17(12)22/h3-4,10,12,22H,5-8H2,1-2H3,(H,20,21)/t12-/m0/s1. The molecule has 2 N–H and O–H groups in total. The Morgan fingerprint density at radius 3 is 2.73 bits per heavy atom. The second-order valence-corrected chi connectivity index (χ2v) is 7.38. The molecule has 0 spiro atoms. The number of hydrogen-bond acceptors (Lipinski definition) is 7. The van der Waals surface area contributed by atoms with Crippen LogP contribution in [0.4, 0.5) is 0 Å². The maximum absolute atomic E-state index is 12.1. The summed E-state index contributed by atoms with van der Waals surface area (Å²) in [5.41, 5.74) is 0.566. The predicted molar refractivity (Wildman–Crippen MR) is 95.9 cm³/mol. The highest BCUT2D eigenvalue weighted by molar-refractivity contribution is 8.01. The summed E-state index contributed by atoms with van der Waals surface area (Å²) in [6.07, 6.45) is 0.503. The van der Waals surface area contributed by atoms with E-state index >= 15 is 0 Å². The van der Waals surface area contributed by atoms with E-state index < -0.39 is 13.1 Å². The first-order valence-corrected chi connectivity index (χ1v) is 9.19. The molecule has 8 nitrogen and oxygen atoms in total. The van der Waals surface area contributed by atoms with Crippen LogP contribution in [-0.4, -0.2) is 78.3 Å². The lowest BCUT2D eigenvalue weighted by Gasteiger charge is -2.38. The van der Waals surface area contributed by atoms with Gasteiger partial charge >= 0.3 is 13.1 Å². The molecule has 0 bridgehead atoms. The highest BCUT2D eigenvalue weighted by Gasteiger charge is 2.39. The molecule has 2 heterocycles. The lowest BCUT2D eigenvalue weighted by atomic mass is 9.77. The maximum Gasteiger partial charge on any atom is 0.536 e. The van der Waals surface area contributed by atoms with Crippen molar-refractivity contribution in [2.24, 2.45) is 0 Å². The number of nitrogens with zero attached hydrogens (tertiary/aromatic N) is 1. The molecule has 2 aliphatic rings. The lowest BCUT2D eigenvalue weighted by molar-refractivity contribution is -0.139. The molecule has 1 aromatic carbocycles. The van der Waals surface area contributed by atoms with Crippen LogP contribution in [0.3, 0.4) is 0 Å². The fraction of sp³-hybridized carbons (Fsp3) is 0.500. The monoisotopic (exact) mass is 381 g/mol. The van der Waals surface area contributed by atoms with E-state index in [1.165, 1.54) is 18.9 Å². The molecule has 1 fully saturated rings. The van der Waals surface area contributed by atoms with Crippen LogP contribution in [-0.2, 0) is 16.0 Å². The number of aromatic carboxylic acids is 1. The summed E-state index contributed by atoms with van der Waals surface area (Å²) in [6.45, 7) is 1.18. The summed E-state index contributed by atoms with van der Waals surface area (Å²) in [5.74, 6) is -0.674. The third-order valence-electron chi connectivity index (χ3n) is 4.57. The zero-order valence-electron chi connectivity index (χ0n) is 14.5. The molecule has 0 unspecified atom stereocenters. The minimum absolute atomic E-state index is 0.0118. The normalized spacial score (nSPS) is 19.4. The quantitative estimate of drug-likeness (QED) is 0.679. The topological polar surface area (TPSA) is 106 Å². The molecule has 26 heavy (non-hydrogen) atoms. The molecule has 1 aromatic rings. The summed E-state index contributed by atoms with van der Waals surface area (Å²) >= 11 is 1.30. The van der Waals surface area contributed by atoms with Gasteiger partial charge in [-0.3, -0.25) is 4.79 Å². The Hall–Kier alpha value is -1.91. The van der Waals surface area contributed by atoms with Gasteiger partial charge in [-0.25, -0.2) is 4.79 Å². The average Bonchev–Trinajstić information content (AvgIpc) is 2.57. The van der Waals surface area contributed by atoms with Crippen molar-refractivity contribution >= 4 is 30.8 Å². The number of ether oxygens (including phenoxy) is 2. The van der Waals surface area contributed by atoms with Crippen molar-refractivity contribution in [3.8, 4) is 11.5 Å². The van der Waals surface area contributed by atoms with E-state index in [2.05, 4.69) is 0 Å². The van der Waals surface area contributed by atoms with Crippen molar-refractivity contribution < 1.29 is 33.8 Å². The summed E-state index contributed by atoms with van der Waals surface area (Å²) < 4.78 is 15.7. The third-order valence-corrected chi connectivity index (χ3v) is 5.81. The molecule has 10 heteroatoms. The van der Waals surface area contributed by atoms with Gasteiger partial charge in [0.2, 0.25) is 5.91 Å². The Morgan fingerprint density at radius 1 is 1.38 bits per heavy atom. The van der Waals surface area contributed by atoms with E-state index in [4.69, 9.17) is 14.1 Å². The molecule has 0 saturated carbocycles. The SMILES string of the molecule is COc1ccc2c(c1C(=O)O)OB(O)[C@@H](SCC(=O)N1CC(OC)C1)C2. The zero-order chi connectivity index (χ0) is 18.8. The fourth-order valence-corrected chi connectivity index (χ4v) is 4.05. The number of thioether (sulfide) groups is 1. The van der Waals surface area contributed by atoms with Gasteiger partial charge in [-0.05, 0) is 18.1 Å². The van der Waals surface area contributed by atoms with Crippen LogP contribution in [0, 0.1) is 0 Å². The minimum Gasteiger partial charge on any atom is -0.534 e. The molecule has 0 aromatic heterocycles. The van der Waals surface area contributed by atoms with Crippen LogP contribution in [0.5, 0.6) is 11.5 Å².